The van der Waals surface area contributed by atoms with E-state index < -0.39 is 11.9 Å². The van der Waals surface area contributed by atoms with Crippen molar-refractivity contribution in [1.82, 2.24) is 9.80 Å². The molecule has 2 heterocycles. The number of rotatable bonds is 6. The normalized spacial score (nSPS) is 18.6. The van der Waals surface area contributed by atoms with Crippen molar-refractivity contribution in [3.8, 4) is 0 Å². The van der Waals surface area contributed by atoms with E-state index in [0.717, 1.165) is 43.5 Å². The van der Waals surface area contributed by atoms with E-state index in [-0.39, 0.29) is 31.4 Å². The molecule has 2 aliphatic heterocycles. The van der Waals surface area contributed by atoms with E-state index in [1.54, 1.807) is 30.9 Å². The van der Waals surface area contributed by atoms with Crippen molar-refractivity contribution >= 4 is 29.4 Å². The van der Waals surface area contributed by atoms with E-state index in [9.17, 15) is 14.4 Å². The lowest BCUT2D eigenvalue weighted by molar-refractivity contribution is -0.140. The zero-order valence-corrected chi connectivity index (χ0v) is 21.0. The van der Waals surface area contributed by atoms with Crippen molar-refractivity contribution in [2.24, 2.45) is 0 Å². The highest BCUT2D eigenvalue weighted by Crippen LogP contribution is 2.38. The number of carbonyl (C=O) groups is 3. The molecule has 6 nitrogen and oxygen atoms in total. The molecule has 0 aliphatic carbocycles. The maximum absolute atomic E-state index is 13.3. The van der Waals surface area contributed by atoms with E-state index >= 15 is 0 Å². The summed E-state index contributed by atoms with van der Waals surface area (Å²) in [6.07, 6.45) is 3.36. The third-order valence-corrected chi connectivity index (χ3v) is 6.96. The number of nitrogens with zero attached hydrogens (tertiary/aromatic N) is 2. The van der Waals surface area contributed by atoms with Gasteiger partial charge in [0, 0.05) is 41.7 Å². The maximum atomic E-state index is 13.3. The molecule has 184 valence electrons. The van der Waals surface area contributed by atoms with Gasteiger partial charge in [0.15, 0.2) is 0 Å². The average Bonchev–Trinajstić information content (AvgIpc) is 2.86. The molecule has 2 aromatic rings. The summed E-state index contributed by atoms with van der Waals surface area (Å²) in [4.78, 5) is 42.8. The number of benzene rings is 2. The van der Waals surface area contributed by atoms with Gasteiger partial charge in [-0.05, 0) is 68.5 Å². The second-order valence-electron chi connectivity index (χ2n) is 9.06. The third kappa shape index (κ3) is 5.59. The number of likely N-dealkylation sites (tertiary alicyclic amines) is 1. The molecule has 1 atom stereocenters. The number of allylic oxidation sites excluding steroid dienone is 1. The Bertz CT molecular complexity index is 1150. The van der Waals surface area contributed by atoms with Gasteiger partial charge in [0.25, 0.3) is 5.91 Å². The SMILES string of the molecule is CCOC(=O)C1=C(C)N(Cc2cccc(C(=O)N3CCCCC3)c2)C(=O)CC1c1cccc(Cl)c1. The van der Waals surface area contributed by atoms with Gasteiger partial charge < -0.3 is 14.5 Å². The molecule has 2 amide bonds. The zero-order chi connectivity index (χ0) is 24.9. The van der Waals surface area contributed by atoms with Crippen LogP contribution in [0.5, 0.6) is 0 Å². The van der Waals surface area contributed by atoms with Gasteiger partial charge in [-0.2, -0.15) is 0 Å². The van der Waals surface area contributed by atoms with Crippen LogP contribution in [0.4, 0.5) is 0 Å². The van der Waals surface area contributed by atoms with Crippen LogP contribution in [0.15, 0.2) is 59.8 Å². The van der Waals surface area contributed by atoms with Gasteiger partial charge >= 0.3 is 5.97 Å². The highest BCUT2D eigenvalue weighted by molar-refractivity contribution is 6.30. The highest BCUT2D eigenvalue weighted by Gasteiger charge is 2.37. The standard InChI is InChI=1S/C28H31ClN2O4/c1-3-35-28(34)26-19(2)31(25(32)17-24(26)21-10-8-12-23(29)16-21)18-20-9-7-11-22(15-20)27(33)30-13-5-4-6-14-30/h7-12,15-16,24H,3-6,13-14,17-18H2,1-2H3. The fourth-order valence-corrected chi connectivity index (χ4v) is 5.15. The largest absolute Gasteiger partial charge is 0.463 e. The van der Waals surface area contributed by atoms with Crippen LogP contribution in [-0.2, 0) is 20.9 Å². The van der Waals surface area contributed by atoms with Crippen LogP contribution in [0.3, 0.4) is 0 Å². The van der Waals surface area contributed by atoms with E-state index in [1.165, 1.54) is 0 Å². The molecule has 1 fully saturated rings. The number of amides is 2. The second-order valence-corrected chi connectivity index (χ2v) is 9.50. The van der Waals surface area contributed by atoms with Crippen molar-refractivity contribution in [3.63, 3.8) is 0 Å². The Balaban J connectivity index is 1.64. The van der Waals surface area contributed by atoms with E-state index in [4.69, 9.17) is 16.3 Å². The molecule has 2 aliphatic rings. The van der Waals surface area contributed by atoms with Gasteiger partial charge in [0.05, 0.1) is 18.7 Å². The van der Waals surface area contributed by atoms with Crippen molar-refractivity contribution in [2.75, 3.05) is 19.7 Å². The van der Waals surface area contributed by atoms with Crippen LogP contribution in [0.25, 0.3) is 0 Å². The van der Waals surface area contributed by atoms with Gasteiger partial charge in [-0.1, -0.05) is 35.9 Å². The first-order valence-corrected chi connectivity index (χ1v) is 12.6. The van der Waals surface area contributed by atoms with Gasteiger partial charge in [-0.3, -0.25) is 9.59 Å². The monoisotopic (exact) mass is 494 g/mol. The van der Waals surface area contributed by atoms with Crippen LogP contribution in [0, 0.1) is 0 Å². The molecular formula is C28H31ClN2O4. The fraction of sp³-hybridized carbons (Fsp3) is 0.393. The minimum atomic E-state index is -0.429. The Morgan fingerprint density at radius 3 is 2.51 bits per heavy atom. The molecular weight excluding hydrogens is 464 g/mol. The van der Waals surface area contributed by atoms with E-state index in [2.05, 4.69) is 0 Å². The number of carbonyl (C=O) groups excluding carboxylic acids is 3. The lowest BCUT2D eigenvalue weighted by Crippen LogP contribution is -2.38. The molecule has 1 saturated heterocycles. The number of piperidine rings is 1. The molecule has 2 aromatic carbocycles. The minimum absolute atomic E-state index is 0.0250. The number of esters is 1. The van der Waals surface area contributed by atoms with Crippen LogP contribution < -0.4 is 0 Å². The summed E-state index contributed by atoms with van der Waals surface area (Å²) in [5.41, 5.74) is 3.30. The number of hydrogen-bond acceptors (Lipinski definition) is 4. The summed E-state index contributed by atoms with van der Waals surface area (Å²) < 4.78 is 5.37. The zero-order valence-electron chi connectivity index (χ0n) is 20.3. The summed E-state index contributed by atoms with van der Waals surface area (Å²) in [7, 11) is 0. The molecule has 35 heavy (non-hydrogen) atoms. The van der Waals surface area contributed by atoms with Crippen molar-refractivity contribution in [1.29, 1.82) is 0 Å². The molecule has 0 radical (unpaired) electrons. The second kappa shape index (κ2) is 11.1. The number of ether oxygens (including phenoxy) is 1. The predicted molar refractivity (Wildman–Crippen MR) is 135 cm³/mol. The van der Waals surface area contributed by atoms with Crippen LogP contribution in [0.2, 0.25) is 5.02 Å². The third-order valence-electron chi connectivity index (χ3n) is 6.73. The maximum Gasteiger partial charge on any atom is 0.336 e. The topological polar surface area (TPSA) is 66.9 Å². The van der Waals surface area contributed by atoms with Crippen molar-refractivity contribution < 1.29 is 19.1 Å². The number of halogens is 1. The molecule has 0 N–H and O–H groups in total. The first-order valence-electron chi connectivity index (χ1n) is 12.2. The molecule has 0 spiro atoms. The van der Waals surface area contributed by atoms with E-state index in [0.29, 0.717) is 21.9 Å². The fourth-order valence-electron chi connectivity index (χ4n) is 4.95. The van der Waals surface area contributed by atoms with Crippen LogP contribution in [0.1, 0.15) is 66.9 Å². The molecule has 7 heteroatoms. The Labute approximate surface area is 211 Å². The first kappa shape index (κ1) is 25.0. The van der Waals surface area contributed by atoms with Crippen molar-refractivity contribution in [2.45, 2.75) is 52.0 Å². The number of hydrogen-bond donors (Lipinski definition) is 0. The van der Waals surface area contributed by atoms with Gasteiger partial charge in [0.1, 0.15) is 0 Å². The van der Waals surface area contributed by atoms with Gasteiger partial charge in [0.2, 0.25) is 5.91 Å². The molecule has 4 rings (SSSR count). The van der Waals surface area contributed by atoms with Crippen molar-refractivity contribution in [3.05, 3.63) is 81.5 Å². The average molecular weight is 495 g/mol. The summed E-state index contributed by atoms with van der Waals surface area (Å²) in [5, 5.41) is 0.549. The van der Waals surface area contributed by atoms with Gasteiger partial charge in [-0.25, -0.2) is 4.79 Å². The summed E-state index contributed by atoms with van der Waals surface area (Å²) in [5.74, 6) is -0.921. The smallest absolute Gasteiger partial charge is 0.336 e. The Morgan fingerprint density at radius 1 is 1.06 bits per heavy atom. The van der Waals surface area contributed by atoms with E-state index in [1.807, 2.05) is 41.3 Å². The summed E-state index contributed by atoms with van der Waals surface area (Å²) in [6, 6.07) is 14.7. The molecule has 0 aromatic heterocycles. The minimum Gasteiger partial charge on any atom is -0.463 e. The molecule has 0 saturated carbocycles. The molecule has 0 bridgehead atoms. The Kier molecular flexibility index (Phi) is 7.91. The lowest BCUT2D eigenvalue weighted by Gasteiger charge is -2.34. The molecule has 1 unspecified atom stereocenters. The quantitative estimate of drug-likeness (QED) is 0.510. The predicted octanol–water partition coefficient (Wildman–Crippen LogP) is 5.32. The first-order chi connectivity index (χ1) is 16.9. The summed E-state index contributed by atoms with van der Waals surface area (Å²) >= 11 is 6.20. The Hall–Kier alpha value is -3.12. The van der Waals surface area contributed by atoms with Crippen LogP contribution in [-0.4, -0.2) is 47.3 Å². The Morgan fingerprint density at radius 2 is 1.80 bits per heavy atom. The highest BCUT2D eigenvalue weighted by atomic mass is 35.5. The van der Waals surface area contributed by atoms with Gasteiger partial charge in [-0.15, -0.1) is 0 Å². The van der Waals surface area contributed by atoms with Crippen LogP contribution >= 0.6 is 11.6 Å². The lowest BCUT2D eigenvalue weighted by atomic mass is 9.83. The summed E-state index contributed by atoms with van der Waals surface area (Å²) in [6.45, 7) is 5.62.